The van der Waals surface area contributed by atoms with Gasteiger partial charge in [-0.15, -0.1) is 0 Å². The number of ether oxygens (including phenoxy) is 1. The number of nitrogens with one attached hydrogen (secondary N) is 1. The van der Waals surface area contributed by atoms with E-state index in [0.29, 0.717) is 19.1 Å². The predicted molar refractivity (Wildman–Crippen MR) is 95.7 cm³/mol. The third-order valence-electron chi connectivity index (χ3n) is 4.59. The molecule has 1 amide bonds. The first-order valence-electron chi connectivity index (χ1n) is 8.99. The fourth-order valence-corrected chi connectivity index (χ4v) is 3.16. The number of hydrogen-bond acceptors (Lipinski definition) is 4. The van der Waals surface area contributed by atoms with Gasteiger partial charge in [0.15, 0.2) is 0 Å². The van der Waals surface area contributed by atoms with Crippen LogP contribution in [-0.2, 0) is 16.0 Å². The molecule has 1 aliphatic heterocycles. The fraction of sp³-hybridized carbons (Fsp3) is 0.579. The van der Waals surface area contributed by atoms with Crippen molar-refractivity contribution in [2.75, 3.05) is 32.8 Å². The molecule has 1 saturated heterocycles. The Bertz CT molecular complexity index is 551. The first kappa shape index (κ1) is 19.2. The number of hydrogen-bond donors (Lipinski definition) is 2. The zero-order chi connectivity index (χ0) is 18.1. The first-order chi connectivity index (χ1) is 12.1. The summed E-state index contributed by atoms with van der Waals surface area (Å²) in [5.74, 6) is 0.377. The molecule has 6 heteroatoms. The maximum atomic E-state index is 11.7. The summed E-state index contributed by atoms with van der Waals surface area (Å²) in [5.41, 5.74) is 1.33. The van der Waals surface area contributed by atoms with Crippen LogP contribution in [0.3, 0.4) is 0 Å². The summed E-state index contributed by atoms with van der Waals surface area (Å²) in [6.07, 6.45) is 4.40. The van der Waals surface area contributed by atoms with Crippen molar-refractivity contribution >= 4 is 11.9 Å². The van der Waals surface area contributed by atoms with Crippen LogP contribution in [0.25, 0.3) is 0 Å². The normalized spacial score (nSPS) is 15.7. The number of likely N-dealkylation sites (tertiary alicyclic amines) is 1. The standard InChI is InChI=1S/C19H28N2O4/c1-2-25-17-7-5-15(6-8-17)3-4-16-9-11-21(12-10-16)14-18(22)20-13-19(23)24/h5-8,16H,2-4,9-14H2,1H3,(H,20,22)(H,23,24). The van der Waals surface area contributed by atoms with Crippen LogP contribution in [0.4, 0.5) is 0 Å². The number of benzene rings is 1. The minimum Gasteiger partial charge on any atom is -0.494 e. The number of rotatable bonds is 9. The predicted octanol–water partition coefficient (Wildman–Crippen LogP) is 1.93. The SMILES string of the molecule is CCOc1ccc(CCC2CCN(CC(=O)NCC(=O)O)CC2)cc1. The highest BCUT2D eigenvalue weighted by Gasteiger charge is 2.20. The summed E-state index contributed by atoms with van der Waals surface area (Å²) in [6.45, 7) is 4.45. The van der Waals surface area contributed by atoms with Crippen molar-refractivity contribution in [3.8, 4) is 5.75 Å². The van der Waals surface area contributed by atoms with Crippen molar-refractivity contribution < 1.29 is 19.4 Å². The molecule has 0 spiro atoms. The Morgan fingerprint density at radius 3 is 2.52 bits per heavy atom. The van der Waals surface area contributed by atoms with E-state index in [0.717, 1.165) is 44.5 Å². The molecule has 2 rings (SSSR count). The molecule has 6 nitrogen and oxygen atoms in total. The Morgan fingerprint density at radius 1 is 1.24 bits per heavy atom. The molecule has 1 fully saturated rings. The molecule has 0 unspecified atom stereocenters. The number of nitrogens with zero attached hydrogens (tertiary/aromatic N) is 1. The second-order valence-corrected chi connectivity index (χ2v) is 6.51. The van der Waals surface area contributed by atoms with E-state index in [4.69, 9.17) is 9.84 Å². The van der Waals surface area contributed by atoms with E-state index >= 15 is 0 Å². The maximum Gasteiger partial charge on any atom is 0.322 e. The van der Waals surface area contributed by atoms with Crippen molar-refractivity contribution in [3.05, 3.63) is 29.8 Å². The largest absolute Gasteiger partial charge is 0.494 e. The van der Waals surface area contributed by atoms with E-state index in [9.17, 15) is 9.59 Å². The van der Waals surface area contributed by atoms with Gasteiger partial charge in [0, 0.05) is 0 Å². The molecule has 0 aromatic heterocycles. The molecule has 2 N–H and O–H groups in total. The van der Waals surface area contributed by atoms with Crippen LogP contribution in [0.5, 0.6) is 5.75 Å². The molecule has 0 atom stereocenters. The van der Waals surface area contributed by atoms with Gasteiger partial charge in [-0.1, -0.05) is 12.1 Å². The first-order valence-corrected chi connectivity index (χ1v) is 8.99. The monoisotopic (exact) mass is 348 g/mol. The highest BCUT2D eigenvalue weighted by atomic mass is 16.5. The van der Waals surface area contributed by atoms with Gasteiger partial charge >= 0.3 is 5.97 Å². The van der Waals surface area contributed by atoms with Gasteiger partial charge in [0.05, 0.1) is 13.2 Å². The summed E-state index contributed by atoms with van der Waals surface area (Å²) >= 11 is 0. The zero-order valence-electron chi connectivity index (χ0n) is 14.9. The third-order valence-corrected chi connectivity index (χ3v) is 4.59. The second-order valence-electron chi connectivity index (χ2n) is 6.51. The highest BCUT2D eigenvalue weighted by Crippen LogP contribution is 2.23. The number of piperidine rings is 1. The number of amides is 1. The summed E-state index contributed by atoms with van der Waals surface area (Å²) in [4.78, 5) is 24.2. The van der Waals surface area contributed by atoms with Crippen LogP contribution in [0.15, 0.2) is 24.3 Å². The Balaban J connectivity index is 1.64. The molecule has 138 valence electrons. The quantitative estimate of drug-likeness (QED) is 0.713. The van der Waals surface area contributed by atoms with Crippen molar-refractivity contribution in [3.63, 3.8) is 0 Å². The molecule has 0 radical (unpaired) electrons. The number of aryl methyl sites for hydroxylation is 1. The van der Waals surface area contributed by atoms with Gasteiger partial charge in [-0.25, -0.2) is 0 Å². The molecule has 0 bridgehead atoms. The Labute approximate surface area is 149 Å². The number of aliphatic carboxylic acids is 1. The van der Waals surface area contributed by atoms with E-state index in [-0.39, 0.29) is 12.5 Å². The van der Waals surface area contributed by atoms with Gasteiger partial charge in [0.2, 0.25) is 5.91 Å². The lowest BCUT2D eigenvalue weighted by Gasteiger charge is -2.31. The fourth-order valence-electron chi connectivity index (χ4n) is 3.16. The molecule has 0 aliphatic carbocycles. The second kappa shape index (κ2) is 10.0. The lowest BCUT2D eigenvalue weighted by atomic mass is 9.90. The van der Waals surface area contributed by atoms with Gasteiger partial charge in [0.1, 0.15) is 12.3 Å². The summed E-state index contributed by atoms with van der Waals surface area (Å²) in [5, 5.41) is 11.0. The lowest BCUT2D eigenvalue weighted by Crippen LogP contribution is -2.42. The summed E-state index contributed by atoms with van der Waals surface area (Å²) in [6, 6.07) is 8.31. The van der Waals surface area contributed by atoms with E-state index in [2.05, 4.69) is 22.3 Å². The van der Waals surface area contributed by atoms with Crippen LogP contribution >= 0.6 is 0 Å². The Kier molecular flexibility index (Phi) is 7.73. The molecule has 25 heavy (non-hydrogen) atoms. The molecule has 1 aliphatic rings. The number of carbonyl (C=O) groups excluding carboxylic acids is 1. The number of carbonyl (C=O) groups is 2. The molecular weight excluding hydrogens is 320 g/mol. The Morgan fingerprint density at radius 2 is 1.92 bits per heavy atom. The van der Waals surface area contributed by atoms with E-state index in [1.165, 1.54) is 5.56 Å². The third kappa shape index (κ3) is 7.13. The molecule has 1 heterocycles. The van der Waals surface area contributed by atoms with Crippen molar-refractivity contribution in [1.29, 1.82) is 0 Å². The minimum atomic E-state index is -1.01. The number of carboxylic acid groups (broad SMARTS) is 1. The molecule has 1 aromatic rings. The van der Waals surface area contributed by atoms with E-state index in [1.807, 2.05) is 19.1 Å². The van der Waals surface area contributed by atoms with Gasteiger partial charge in [-0.3, -0.25) is 14.5 Å². The smallest absolute Gasteiger partial charge is 0.322 e. The van der Waals surface area contributed by atoms with Crippen molar-refractivity contribution in [2.24, 2.45) is 5.92 Å². The zero-order valence-corrected chi connectivity index (χ0v) is 14.9. The Hall–Kier alpha value is -2.08. The van der Waals surface area contributed by atoms with E-state index < -0.39 is 5.97 Å². The van der Waals surface area contributed by atoms with Crippen molar-refractivity contribution in [1.82, 2.24) is 10.2 Å². The summed E-state index contributed by atoms with van der Waals surface area (Å²) in [7, 11) is 0. The van der Waals surface area contributed by atoms with Gasteiger partial charge < -0.3 is 15.2 Å². The molecule has 1 aromatic carbocycles. The van der Waals surface area contributed by atoms with Gasteiger partial charge in [-0.05, 0) is 69.3 Å². The van der Waals surface area contributed by atoms with Crippen LogP contribution < -0.4 is 10.1 Å². The van der Waals surface area contributed by atoms with Gasteiger partial charge in [-0.2, -0.15) is 0 Å². The average Bonchev–Trinajstić information content (AvgIpc) is 2.61. The van der Waals surface area contributed by atoms with Crippen molar-refractivity contribution in [2.45, 2.75) is 32.6 Å². The van der Waals surface area contributed by atoms with Crippen LogP contribution in [-0.4, -0.2) is 54.7 Å². The average molecular weight is 348 g/mol. The van der Waals surface area contributed by atoms with Crippen LogP contribution in [0.1, 0.15) is 31.7 Å². The summed E-state index contributed by atoms with van der Waals surface area (Å²) < 4.78 is 5.46. The number of carboxylic acids is 1. The molecular formula is C19H28N2O4. The van der Waals surface area contributed by atoms with E-state index in [1.54, 1.807) is 0 Å². The highest BCUT2D eigenvalue weighted by molar-refractivity contribution is 5.82. The molecule has 0 saturated carbocycles. The van der Waals surface area contributed by atoms with Gasteiger partial charge in [0.25, 0.3) is 0 Å². The maximum absolute atomic E-state index is 11.7. The van der Waals surface area contributed by atoms with Crippen LogP contribution in [0, 0.1) is 5.92 Å². The lowest BCUT2D eigenvalue weighted by molar-refractivity contribution is -0.138. The topological polar surface area (TPSA) is 78.9 Å². The van der Waals surface area contributed by atoms with Crippen LogP contribution in [0.2, 0.25) is 0 Å². The minimum absolute atomic E-state index is 0.213.